The van der Waals surface area contributed by atoms with Gasteiger partial charge in [0.05, 0.1) is 17.0 Å². The van der Waals surface area contributed by atoms with Crippen molar-refractivity contribution in [3.8, 4) is 0 Å². The van der Waals surface area contributed by atoms with Crippen LogP contribution in [-0.2, 0) is 16.4 Å². The predicted molar refractivity (Wildman–Crippen MR) is 92.1 cm³/mol. The molecule has 0 aliphatic carbocycles. The standard InChI is InChI=1S/C18H18N2O3S/c1-20-16(10-12-11-19-15-8-4-2-6-13(12)15)18(21)14-7-3-5-9-17(14)24(20,22)23/h2-9,11,16,18-19,21H,10H2,1H3/t16-,18-/m0/s1. The molecule has 0 unspecified atom stereocenters. The minimum Gasteiger partial charge on any atom is -0.387 e. The second-order valence-electron chi connectivity index (χ2n) is 6.13. The van der Waals surface area contributed by atoms with Crippen LogP contribution in [0.1, 0.15) is 17.2 Å². The number of para-hydroxylation sites is 1. The van der Waals surface area contributed by atoms with Gasteiger partial charge in [-0.05, 0) is 24.1 Å². The lowest BCUT2D eigenvalue weighted by atomic mass is 9.95. The maximum absolute atomic E-state index is 12.8. The summed E-state index contributed by atoms with van der Waals surface area (Å²) in [5, 5.41) is 11.8. The molecule has 2 aromatic carbocycles. The summed E-state index contributed by atoms with van der Waals surface area (Å²) in [5.41, 5.74) is 2.47. The van der Waals surface area contributed by atoms with E-state index < -0.39 is 22.2 Å². The molecule has 1 aliphatic heterocycles. The van der Waals surface area contributed by atoms with Crippen LogP contribution >= 0.6 is 0 Å². The molecule has 1 aliphatic rings. The molecule has 124 valence electrons. The van der Waals surface area contributed by atoms with Crippen LogP contribution in [0.25, 0.3) is 10.9 Å². The number of likely N-dealkylation sites (N-methyl/N-ethyl adjacent to an activating group) is 1. The molecular weight excluding hydrogens is 324 g/mol. The van der Waals surface area contributed by atoms with Gasteiger partial charge in [-0.25, -0.2) is 8.42 Å². The van der Waals surface area contributed by atoms with E-state index in [1.165, 1.54) is 11.4 Å². The number of aromatic nitrogens is 1. The molecule has 5 nitrogen and oxygen atoms in total. The average molecular weight is 342 g/mol. The Hall–Kier alpha value is -2.15. The van der Waals surface area contributed by atoms with E-state index in [0.29, 0.717) is 12.0 Å². The summed E-state index contributed by atoms with van der Waals surface area (Å²) in [6.07, 6.45) is 1.47. The van der Waals surface area contributed by atoms with Crippen molar-refractivity contribution in [3.05, 3.63) is 65.9 Å². The molecule has 0 bridgehead atoms. The molecule has 0 saturated heterocycles. The van der Waals surface area contributed by atoms with Gasteiger partial charge in [0.25, 0.3) is 0 Å². The van der Waals surface area contributed by atoms with Crippen LogP contribution in [0.3, 0.4) is 0 Å². The largest absolute Gasteiger partial charge is 0.387 e. The molecule has 3 aromatic rings. The average Bonchev–Trinajstić information content (AvgIpc) is 3.00. The number of nitrogens with one attached hydrogen (secondary N) is 1. The number of H-pyrrole nitrogens is 1. The lowest BCUT2D eigenvalue weighted by Gasteiger charge is -2.37. The third-order valence-corrected chi connectivity index (χ3v) is 6.79. The quantitative estimate of drug-likeness (QED) is 0.751. The number of aromatic amines is 1. The Bertz CT molecular complexity index is 1010. The number of nitrogens with zero attached hydrogens (tertiary/aromatic N) is 1. The van der Waals surface area contributed by atoms with E-state index in [0.717, 1.165) is 16.5 Å². The number of hydrogen-bond acceptors (Lipinski definition) is 3. The molecule has 2 atom stereocenters. The Balaban J connectivity index is 1.79. The maximum Gasteiger partial charge on any atom is 0.243 e. The first-order valence-corrected chi connectivity index (χ1v) is 9.24. The van der Waals surface area contributed by atoms with Crippen molar-refractivity contribution in [1.29, 1.82) is 0 Å². The van der Waals surface area contributed by atoms with Gasteiger partial charge in [-0.2, -0.15) is 4.31 Å². The monoisotopic (exact) mass is 342 g/mol. The number of aliphatic hydroxyl groups excluding tert-OH is 1. The van der Waals surface area contributed by atoms with Crippen LogP contribution < -0.4 is 0 Å². The minimum absolute atomic E-state index is 0.190. The fraction of sp³-hybridized carbons (Fsp3) is 0.222. The minimum atomic E-state index is -3.60. The van der Waals surface area contributed by atoms with Crippen LogP contribution in [0, 0.1) is 0 Å². The number of hydrogen-bond donors (Lipinski definition) is 2. The number of benzene rings is 2. The first-order valence-electron chi connectivity index (χ1n) is 7.80. The van der Waals surface area contributed by atoms with E-state index in [1.54, 1.807) is 24.3 Å². The summed E-state index contributed by atoms with van der Waals surface area (Å²) in [4.78, 5) is 3.39. The molecule has 1 aromatic heterocycles. The highest BCUT2D eigenvalue weighted by Crippen LogP contribution is 2.37. The van der Waals surface area contributed by atoms with Crippen LogP contribution in [0.15, 0.2) is 59.6 Å². The molecule has 0 amide bonds. The topological polar surface area (TPSA) is 73.4 Å². The van der Waals surface area contributed by atoms with Crippen molar-refractivity contribution in [2.24, 2.45) is 0 Å². The number of aliphatic hydroxyl groups is 1. The first kappa shape index (κ1) is 15.4. The first-order chi connectivity index (χ1) is 11.5. The van der Waals surface area contributed by atoms with Gasteiger partial charge in [-0.1, -0.05) is 36.4 Å². The maximum atomic E-state index is 12.8. The smallest absolute Gasteiger partial charge is 0.243 e. The van der Waals surface area contributed by atoms with E-state index in [-0.39, 0.29) is 4.90 Å². The van der Waals surface area contributed by atoms with Gasteiger partial charge < -0.3 is 10.1 Å². The van der Waals surface area contributed by atoms with Crippen molar-refractivity contribution >= 4 is 20.9 Å². The van der Waals surface area contributed by atoms with Crippen LogP contribution in [0.4, 0.5) is 0 Å². The van der Waals surface area contributed by atoms with Gasteiger partial charge in [0.15, 0.2) is 0 Å². The molecule has 6 heteroatoms. The van der Waals surface area contributed by atoms with Crippen LogP contribution in [-0.4, -0.2) is 35.9 Å². The lowest BCUT2D eigenvalue weighted by molar-refractivity contribution is 0.0893. The molecule has 0 radical (unpaired) electrons. The number of sulfonamides is 1. The van der Waals surface area contributed by atoms with Crippen molar-refractivity contribution in [2.45, 2.75) is 23.5 Å². The SMILES string of the molecule is CN1[C@@H](Cc2c[nH]c3ccccc23)[C@@H](O)c2ccccc2S1(=O)=O. The van der Waals surface area contributed by atoms with Gasteiger partial charge in [-0.3, -0.25) is 0 Å². The van der Waals surface area contributed by atoms with E-state index >= 15 is 0 Å². The molecule has 2 N–H and O–H groups in total. The Kier molecular flexibility index (Phi) is 3.49. The van der Waals surface area contributed by atoms with Gasteiger partial charge in [-0.15, -0.1) is 0 Å². The normalized spacial score (nSPS) is 23.2. The highest BCUT2D eigenvalue weighted by atomic mass is 32.2. The summed E-state index contributed by atoms with van der Waals surface area (Å²) in [6.45, 7) is 0. The predicted octanol–water partition coefficient (Wildman–Crippen LogP) is 2.45. The van der Waals surface area contributed by atoms with E-state index in [2.05, 4.69) is 4.98 Å². The zero-order valence-corrected chi connectivity index (χ0v) is 14.0. The van der Waals surface area contributed by atoms with Gasteiger partial charge in [0, 0.05) is 29.7 Å². The van der Waals surface area contributed by atoms with Crippen LogP contribution in [0.5, 0.6) is 0 Å². The zero-order valence-electron chi connectivity index (χ0n) is 13.2. The summed E-state index contributed by atoms with van der Waals surface area (Å²) in [5.74, 6) is 0. The Morgan fingerprint density at radius 3 is 2.67 bits per heavy atom. The van der Waals surface area contributed by atoms with E-state index in [4.69, 9.17) is 0 Å². The fourth-order valence-electron chi connectivity index (χ4n) is 3.47. The zero-order chi connectivity index (χ0) is 16.9. The second kappa shape index (κ2) is 5.44. The molecule has 0 fully saturated rings. The van der Waals surface area contributed by atoms with E-state index in [9.17, 15) is 13.5 Å². The van der Waals surface area contributed by atoms with Crippen LogP contribution in [0.2, 0.25) is 0 Å². The molecule has 0 spiro atoms. The van der Waals surface area contributed by atoms with Gasteiger partial charge >= 0.3 is 0 Å². The lowest BCUT2D eigenvalue weighted by Crippen LogP contribution is -2.46. The Morgan fingerprint density at radius 2 is 1.83 bits per heavy atom. The van der Waals surface area contributed by atoms with Crippen molar-refractivity contribution in [3.63, 3.8) is 0 Å². The highest BCUT2D eigenvalue weighted by Gasteiger charge is 2.41. The van der Waals surface area contributed by atoms with Crippen molar-refractivity contribution < 1.29 is 13.5 Å². The molecule has 0 saturated carbocycles. The fourth-order valence-corrected chi connectivity index (χ4v) is 5.06. The highest BCUT2D eigenvalue weighted by molar-refractivity contribution is 7.89. The summed E-state index contributed by atoms with van der Waals surface area (Å²) < 4.78 is 26.8. The second-order valence-corrected chi connectivity index (χ2v) is 8.10. The third-order valence-electron chi connectivity index (χ3n) is 4.83. The summed E-state index contributed by atoms with van der Waals surface area (Å²) in [7, 11) is -2.06. The van der Waals surface area contributed by atoms with Crippen molar-refractivity contribution in [1.82, 2.24) is 9.29 Å². The van der Waals surface area contributed by atoms with E-state index in [1.807, 2.05) is 30.5 Å². The Morgan fingerprint density at radius 1 is 1.12 bits per heavy atom. The summed E-state index contributed by atoms with van der Waals surface area (Å²) >= 11 is 0. The van der Waals surface area contributed by atoms with Crippen molar-refractivity contribution in [2.75, 3.05) is 7.05 Å². The molecule has 4 rings (SSSR count). The molecule has 24 heavy (non-hydrogen) atoms. The molecule has 2 heterocycles. The Labute approximate surface area is 140 Å². The summed E-state index contributed by atoms with van der Waals surface area (Å²) in [6, 6.07) is 14.0. The van der Waals surface area contributed by atoms with Gasteiger partial charge in [0.1, 0.15) is 0 Å². The third kappa shape index (κ3) is 2.18. The van der Waals surface area contributed by atoms with Gasteiger partial charge in [0.2, 0.25) is 10.0 Å². The molecular formula is C18H18N2O3S. The number of rotatable bonds is 2. The number of fused-ring (bicyclic) bond motifs is 2.